The van der Waals surface area contributed by atoms with Crippen LogP contribution in [0.15, 0.2) is 42.5 Å². The maximum Gasteiger partial charge on any atom is 0.229 e. The summed E-state index contributed by atoms with van der Waals surface area (Å²) in [6.45, 7) is -0.558. The molecule has 3 rings (SSSR count). The van der Waals surface area contributed by atoms with Gasteiger partial charge in [-0.2, -0.15) is 0 Å². The highest BCUT2D eigenvalue weighted by molar-refractivity contribution is 6.10. The Balaban J connectivity index is 1.69. The fourth-order valence-electron chi connectivity index (χ4n) is 3.31. The molecule has 0 bridgehead atoms. The molecule has 33 heavy (non-hydrogen) atoms. The number of benzene rings is 2. The lowest BCUT2D eigenvalue weighted by molar-refractivity contribution is -0.277. The number of aromatic hydroxyl groups is 1. The van der Waals surface area contributed by atoms with Gasteiger partial charge in [-0.1, -0.05) is 18.2 Å². The van der Waals surface area contributed by atoms with E-state index in [2.05, 4.69) is 0 Å². The van der Waals surface area contributed by atoms with Gasteiger partial charge in [0.15, 0.2) is 5.78 Å². The number of hydrogen-bond acceptors (Lipinski definition) is 10. The molecule has 0 aliphatic carbocycles. The molecule has 1 aliphatic rings. The van der Waals surface area contributed by atoms with Crippen molar-refractivity contribution in [2.24, 2.45) is 0 Å². The zero-order valence-electron chi connectivity index (χ0n) is 18.0. The normalized spacial score (nSPS) is 25.1. The van der Waals surface area contributed by atoms with Gasteiger partial charge in [-0.05, 0) is 23.8 Å². The third kappa shape index (κ3) is 5.44. The maximum absolute atomic E-state index is 12.6. The van der Waals surface area contributed by atoms with Crippen LogP contribution in [0.3, 0.4) is 0 Å². The summed E-state index contributed by atoms with van der Waals surface area (Å²) in [5, 5.41) is 49.2. The van der Waals surface area contributed by atoms with Gasteiger partial charge in [-0.25, -0.2) is 0 Å². The van der Waals surface area contributed by atoms with Crippen LogP contribution >= 0.6 is 0 Å². The molecule has 0 unspecified atom stereocenters. The zero-order valence-corrected chi connectivity index (χ0v) is 18.0. The Hall–Kier alpha value is -3.15. The molecule has 0 aromatic heterocycles. The average molecular weight is 462 g/mol. The van der Waals surface area contributed by atoms with Crippen molar-refractivity contribution in [1.82, 2.24) is 0 Å². The summed E-state index contributed by atoms with van der Waals surface area (Å²) in [4.78, 5) is 12.6. The van der Waals surface area contributed by atoms with Gasteiger partial charge in [0.25, 0.3) is 0 Å². The molecule has 2 aromatic carbocycles. The Morgan fingerprint density at radius 3 is 2.30 bits per heavy atom. The second kappa shape index (κ2) is 10.6. The Kier molecular flexibility index (Phi) is 7.90. The van der Waals surface area contributed by atoms with Gasteiger partial charge in [-0.15, -0.1) is 0 Å². The molecule has 1 fully saturated rings. The first-order valence-corrected chi connectivity index (χ1v) is 10.0. The predicted octanol–water partition coefficient (Wildman–Crippen LogP) is 0.484. The van der Waals surface area contributed by atoms with E-state index in [0.717, 1.165) is 0 Å². The van der Waals surface area contributed by atoms with E-state index in [-0.39, 0.29) is 22.8 Å². The number of methoxy groups -OCH3 is 2. The fraction of sp³-hybridized carbons (Fsp3) is 0.348. The molecule has 0 amide bonds. The standard InChI is InChI=1S/C23H26O10/c1-30-14-9-16(26)19(17(10-14)31-2)15(25)8-5-12-3-6-13(7-4-12)32-23-22(29)21(28)20(27)18(11-24)33-23/h3-10,18,20-24,26-29H,11H2,1-2H3/t18-,20-,21+,22-,23+/m1/s1. The number of rotatable bonds is 8. The summed E-state index contributed by atoms with van der Waals surface area (Å²) >= 11 is 0. The van der Waals surface area contributed by atoms with Gasteiger partial charge in [0.05, 0.1) is 20.8 Å². The second-order valence-corrected chi connectivity index (χ2v) is 7.31. The fourth-order valence-corrected chi connectivity index (χ4v) is 3.31. The highest BCUT2D eigenvalue weighted by Gasteiger charge is 2.44. The molecule has 5 N–H and O–H groups in total. The third-order valence-electron chi connectivity index (χ3n) is 5.16. The summed E-state index contributed by atoms with van der Waals surface area (Å²) in [7, 11) is 2.81. The Labute approximate surface area is 189 Å². The van der Waals surface area contributed by atoms with Crippen LogP contribution in [0.5, 0.6) is 23.0 Å². The van der Waals surface area contributed by atoms with E-state index in [1.54, 1.807) is 24.3 Å². The topological polar surface area (TPSA) is 155 Å². The van der Waals surface area contributed by atoms with Gasteiger partial charge in [-0.3, -0.25) is 4.79 Å². The second-order valence-electron chi connectivity index (χ2n) is 7.31. The van der Waals surface area contributed by atoms with Crippen LogP contribution in [0.2, 0.25) is 0 Å². The molecule has 2 aromatic rings. The largest absolute Gasteiger partial charge is 0.507 e. The van der Waals surface area contributed by atoms with E-state index in [1.165, 1.54) is 38.5 Å². The molecular formula is C23H26O10. The van der Waals surface area contributed by atoms with Crippen LogP contribution in [0, 0.1) is 0 Å². The van der Waals surface area contributed by atoms with Crippen LogP contribution in [-0.4, -0.2) is 82.8 Å². The molecule has 1 saturated heterocycles. The SMILES string of the molecule is COc1cc(O)c(C(=O)C=Cc2ccc(O[C@H]3O[C@H](CO)[C@@H](O)[C@H](O)[C@H]3O)cc2)c(OC)c1. The summed E-state index contributed by atoms with van der Waals surface area (Å²) in [6, 6.07) is 9.18. The molecular weight excluding hydrogens is 436 g/mol. The molecule has 1 aliphatic heterocycles. The van der Waals surface area contributed by atoms with Crippen molar-refractivity contribution < 1.29 is 49.3 Å². The van der Waals surface area contributed by atoms with Crippen molar-refractivity contribution in [2.45, 2.75) is 30.7 Å². The minimum Gasteiger partial charge on any atom is -0.507 e. The number of carbonyl (C=O) groups excluding carboxylic acids is 1. The van der Waals surface area contributed by atoms with E-state index in [1.807, 2.05) is 0 Å². The van der Waals surface area contributed by atoms with Crippen LogP contribution in [0.4, 0.5) is 0 Å². The monoisotopic (exact) mass is 462 g/mol. The number of hydrogen-bond donors (Lipinski definition) is 5. The molecule has 0 radical (unpaired) electrons. The number of aliphatic hydroxyl groups excluding tert-OH is 4. The highest BCUT2D eigenvalue weighted by atomic mass is 16.7. The van der Waals surface area contributed by atoms with Crippen LogP contribution in [-0.2, 0) is 4.74 Å². The maximum atomic E-state index is 12.6. The number of aliphatic hydroxyl groups is 4. The van der Waals surface area contributed by atoms with Gasteiger partial charge >= 0.3 is 0 Å². The van der Waals surface area contributed by atoms with Gasteiger partial charge in [0, 0.05) is 12.1 Å². The number of ether oxygens (including phenoxy) is 4. The average Bonchev–Trinajstić information content (AvgIpc) is 2.83. The molecule has 178 valence electrons. The lowest BCUT2D eigenvalue weighted by atomic mass is 9.99. The van der Waals surface area contributed by atoms with E-state index in [4.69, 9.17) is 18.9 Å². The van der Waals surface area contributed by atoms with Crippen LogP contribution < -0.4 is 14.2 Å². The molecule has 5 atom stereocenters. The van der Waals surface area contributed by atoms with Crippen molar-refractivity contribution in [3.05, 3.63) is 53.6 Å². The molecule has 0 spiro atoms. The quantitative estimate of drug-likeness (QED) is 0.276. The summed E-state index contributed by atoms with van der Waals surface area (Å²) < 4.78 is 21.1. The van der Waals surface area contributed by atoms with Gasteiger partial charge in [0.1, 0.15) is 53.0 Å². The first-order valence-electron chi connectivity index (χ1n) is 10.0. The lowest BCUT2D eigenvalue weighted by Crippen LogP contribution is -2.60. The van der Waals surface area contributed by atoms with Crippen molar-refractivity contribution in [3.63, 3.8) is 0 Å². The minimum absolute atomic E-state index is 0.00267. The first-order chi connectivity index (χ1) is 15.8. The van der Waals surface area contributed by atoms with Crippen molar-refractivity contribution in [3.8, 4) is 23.0 Å². The smallest absolute Gasteiger partial charge is 0.229 e. The molecule has 10 heteroatoms. The van der Waals surface area contributed by atoms with E-state index < -0.39 is 43.1 Å². The third-order valence-corrected chi connectivity index (χ3v) is 5.16. The number of carbonyl (C=O) groups is 1. The summed E-state index contributed by atoms with van der Waals surface area (Å²) in [5.74, 6) is 0.0553. The zero-order chi connectivity index (χ0) is 24.1. The molecule has 0 saturated carbocycles. The van der Waals surface area contributed by atoms with Crippen LogP contribution in [0.25, 0.3) is 6.08 Å². The van der Waals surface area contributed by atoms with Crippen LogP contribution in [0.1, 0.15) is 15.9 Å². The van der Waals surface area contributed by atoms with Crippen molar-refractivity contribution >= 4 is 11.9 Å². The minimum atomic E-state index is -1.54. The van der Waals surface area contributed by atoms with E-state index in [9.17, 15) is 30.3 Å². The Bertz CT molecular complexity index is 985. The summed E-state index contributed by atoms with van der Waals surface area (Å²) in [6.07, 6.45) is -4.10. The number of allylic oxidation sites excluding steroid dienone is 1. The number of phenolic OH excluding ortho intramolecular Hbond substituents is 1. The Morgan fingerprint density at radius 1 is 1.00 bits per heavy atom. The number of phenols is 1. The number of ketones is 1. The van der Waals surface area contributed by atoms with Gasteiger partial charge < -0.3 is 44.5 Å². The van der Waals surface area contributed by atoms with Gasteiger partial charge in [0.2, 0.25) is 6.29 Å². The predicted molar refractivity (Wildman–Crippen MR) is 115 cm³/mol. The van der Waals surface area contributed by atoms with Crippen molar-refractivity contribution in [2.75, 3.05) is 20.8 Å². The first kappa shape index (κ1) is 24.5. The Morgan fingerprint density at radius 2 is 1.70 bits per heavy atom. The van der Waals surface area contributed by atoms with Crippen molar-refractivity contribution in [1.29, 1.82) is 0 Å². The summed E-state index contributed by atoms with van der Waals surface area (Å²) in [5.41, 5.74) is 0.633. The van der Waals surface area contributed by atoms with E-state index in [0.29, 0.717) is 11.3 Å². The molecule has 10 nitrogen and oxygen atoms in total. The molecule has 1 heterocycles. The van der Waals surface area contributed by atoms with E-state index >= 15 is 0 Å². The highest BCUT2D eigenvalue weighted by Crippen LogP contribution is 2.34. The lowest BCUT2D eigenvalue weighted by Gasteiger charge is -2.39.